The van der Waals surface area contributed by atoms with Gasteiger partial charge in [0.1, 0.15) is 0 Å². The third kappa shape index (κ3) is 4.76. The molecule has 0 aromatic heterocycles. The maximum absolute atomic E-state index is 12.3. The van der Waals surface area contributed by atoms with E-state index in [0.29, 0.717) is 0 Å². The SMILES string of the molecule is CC(=O)Nc1cccc([C@H](C)NC(=O)N2CCCCCC2)c1. The molecule has 1 atom stereocenters. The van der Waals surface area contributed by atoms with Crippen LogP contribution in [0.2, 0.25) is 0 Å². The molecule has 1 aliphatic heterocycles. The first-order valence-electron chi connectivity index (χ1n) is 7.99. The zero-order chi connectivity index (χ0) is 15.9. The van der Waals surface area contributed by atoms with Gasteiger partial charge in [0.15, 0.2) is 0 Å². The lowest BCUT2D eigenvalue weighted by Gasteiger charge is -2.24. The van der Waals surface area contributed by atoms with Crippen LogP contribution in [0.15, 0.2) is 24.3 Å². The summed E-state index contributed by atoms with van der Waals surface area (Å²) in [5, 5.41) is 5.81. The number of hydrogen-bond donors (Lipinski definition) is 2. The van der Waals surface area contributed by atoms with Crippen LogP contribution in [0.25, 0.3) is 0 Å². The molecule has 2 rings (SSSR count). The van der Waals surface area contributed by atoms with Gasteiger partial charge in [0.25, 0.3) is 0 Å². The Morgan fingerprint density at radius 2 is 1.82 bits per heavy atom. The van der Waals surface area contributed by atoms with Crippen molar-refractivity contribution in [2.24, 2.45) is 0 Å². The van der Waals surface area contributed by atoms with Gasteiger partial charge < -0.3 is 15.5 Å². The van der Waals surface area contributed by atoms with Crippen LogP contribution in [0.5, 0.6) is 0 Å². The van der Waals surface area contributed by atoms with E-state index >= 15 is 0 Å². The minimum Gasteiger partial charge on any atom is -0.331 e. The number of nitrogens with zero attached hydrogens (tertiary/aromatic N) is 1. The number of nitrogens with one attached hydrogen (secondary N) is 2. The zero-order valence-electron chi connectivity index (χ0n) is 13.4. The Bertz CT molecular complexity index is 522. The van der Waals surface area contributed by atoms with Crippen LogP contribution in [0, 0.1) is 0 Å². The monoisotopic (exact) mass is 303 g/mol. The number of anilines is 1. The molecule has 5 heteroatoms. The Morgan fingerprint density at radius 1 is 1.14 bits per heavy atom. The van der Waals surface area contributed by atoms with Crippen molar-refractivity contribution in [2.75, 3.05) is 18.4 Å². The number of carbonyl (C=O) groups excluding carboxylic acids is 2. The number of urea groups is 1. The maximum atomic E-state index is 12.3. The molecule has 120 valence electrons. The molecule has 1 aromatic rings. The molecule has 5 nitrogen and oxygen atoms in total. The number of carbonyl (C=O) groups is 2. The van der Waals surface area contributed by atoms with E-state index in [2.05, 4.69) is 10.6 Å². The van der Waals surface area contributed by atoms with Gasteiger partial charge in [-0.15, -0.1) is 0 Å². The van der Waals surface area contributed by atoms with Gasteiger partial charge in [-0.2, -0.15) is 0 Å². The van der Waals surface area contributed by atoms with Gasteiger partial charge in [-0.1, -0.05) is 25.0 Å². The molecule has 22 heavy (non-hydrogen) atoms. The summed E-state index contributed by atoms with van der Waals surface area (Å²) < 4.78 is 0. The minimum absolute atomic E-state index is 0.000620. The van der Waals surface area contributed by atoms with Crippen molar-refractivity contribution in [1.29, 1.82) is 0 Å². The number of rotatable bonds is 3. The van der Waals surface area contributed by atoms with Crippen LogP contribution in [0.3, 0.4) is 0 Å². The van der Waals surface area contributed by atoms with Crippen LogP contribution in [-0.2, 0) is 4.79 Å². The molecule has 3 amide bonds. The number of hydrogen-bond acceptors (Lipinski definition) is 2. The van der Waals surface area contributed by atoms with Gasteiger partial charge in [-0.25, -0.2) is 4.79 Å². The highest BCUT2D eigenvalue weighted by Gasteiger charge is 2.17. The summed E-state index contributed by atoms with van der Waals surface area (Å²) in [5.41, 5.74) is 1.73. The van der Waals surface area contributed by atoms with Crippen molar-refractivity contribution in [1.82, 2.24) is 10.2 Å². The molecule has 1 fully saturated rings. The Hall–Kier alpha value is -2.04. The van der Waals surface area contributed by atoms with Gasteiger partial charge in [-0.3, -0.25) is 4.79 Å². The minimum atomic E-state index is -0.0987. The molecule has 0 bridgehead atoms. The van der Waals surface area contributed by atoms with E-state index in [1.807, 2.05) is 36.1 Å². The highest BCUT2D eigenvalue weighted by Crippen LogP contribution is 2.18. The first kappa shape index (κ1) is 16.3. The lowest BCUT2D eigenvalue weighted by Crippen LogP contribution is -2.41. The molecule has 0 spiro atoms. The van der Waals surface area contributed by atoms with Crippen LogP contribution < -0.4 is 10.6 Å². The number of amides is 3. The van der Waals surface area contributed by atoms with Crippen molar-refractivity contribution in [3.63, 3.8) is 0 Å². The standard InChI is InChI=1S/C17H25N3O2/c1-13(15-8-7-9-16(12-15)19-14(2)21)18-17(22)20-10-5-3-4-6-11-20/h7-9,12-13H,3-6,10-11H2,1-2H3,(H,18,22)(H,19,21)/t13-/m0/s1. The lowest BCUT2D eigenvalue weighted by atomic mass is 10.1. The molecule has 0 aliphatic carbocycles. The van der Waals surface area contributed by atoms with E-state index in [1.54, 1.807) is 0 Å². The topological polar surface area (TPSA) is 61.4 Å². The molecule has 1 aromatic carbocycles. The van der Waals surface area contributed by atoms with Gasteiger partial charge in [0.2, 0.25) is 5.91 Å². The Balaban J connectivity index is 1.97. The molecule has 0 unspecified atom stereocenters. The van der Waals surface area contributed by atoms with Crippen molar-refractivity contribution in [3.8, 4) is 0 Å². The third-order valence-electron chi connectivity index (χ3n) is 3.94. The molecule has 2 N–H and O–H groups in total. The van der Waals surface area contributed by atoms with Crippen molar-refractivity contribution in [3.05, 3.63) is 29.8 Å². The maximum Gasteiger partial charge on any atom is 0.317 e. The predicted octanol–water partition coefficient (Wildman–Crippen LogP) is 3.29. The Morgan fingerprint density at radius 3 is 2.45 bits per heavy atom. The van der Waals surface area contributed by atoms with Crippen LogP contribution >= 0.6 is 0 Å². The Kier molecular flexibility index (Phi) is 5.81. The normalized spacial score (nSPS) is 16.5. The van der Waals surface area contributed by atoms with Crippen molar-refractivity contribution >= 4 is 17.6 Å². The summed E-state index contributed by atoms with van der Waals surface area (Å²) in [6, 6.07) is 7.49. The molecule has 1 heterocycles. The van der Waals surface area contributed by atoms with E-state index in [0.717, 1.165) is 37.2 Å². The van der Waals surface area contributed by atoms with E-state index in [1.165, 1.54) is 19.8 Å². The average Bonchev–Trinajstić information content (AvgIpc) is 2.76. The van der Waals surface area contributed by atoms with Gasteiger partial charge in [0, 0.05) is 25.7 Å². The van der Waals surface area contributed by atoms with Crippen molar-refractivity contribution in [2.45, 2.75) is 45.6 Å². The first-order valence-corrected chi connectivity index (χ1v) is 7.99. The highest BCUT2D eigenvalue weighted by molar-refractivity contribution is 5.88. The summed E-state index contributed by atoms with van der Waals surface area (Å²) in [6.45, 7) is 5.12. The fourth-order valence-electron chi connectivity index (χ4n) is 2.72. The predicted molar refractivity (Wildman–Crippen MR) is 87.7 cm³/mol. The molecule has 1 aliphatic rings. The average molecular weight is 303 g/mol. The summed E-state index contributed by atoms with van der Waals surface area (Å²) in [7, 11) is 0. The highest BCUT2D eigenvalue weighted by atomic mass is 16.2. The van der Waals surface area contributed by atoms with Gasteiger partial charge in [-0.05, 0) is 37.5 Å². The largest absolute Gasteiger partial charge is 0.331 e. The lowest BCUT2D eigenvalue weighted by molar-refractivity contribution is -0.114. The smallest absolute Gasteiger partial charge is 0.317 e. The third-order valence-corrected chi connectivity index (χ3v) is 3.94. The van der Waals surface area contributed by atoms with E-state index in [9.17, 15) is 9.59 Å². The quantitative estimate of drug-likeness (QED) is 0.900. The zero-order valence-corrected chi connectivity index (χ0v) is 13.4. The Labute approximate surface area is 132 Å². The molecular formula is C17H25N3O2. The van der Waals surface area contributed by atoms with E-state index in [-0.39, 0.29) is 18.0 Å². The van der Waals surface area contributed by atoms with E-state index < -0.39 is 0 Å². The van der Waals surface area contributed by atoms with Crippen LogP contribution in [-0.4, -0.2) is 29.9 Å². The second-order valence-electron chi connectivity index (χ2n) is 5.88. The second kappa shape index (κ2) is 7.82. The summed E-state index contributed by atoms with van der Waals surface area (Å²) in [6.07, 6.45) is 4.58. The number of likely N-dealkylation sites (tertiary alicyclic amines) is 1. The van der Waals surface area contributed by atoms with Crippen LogP contribution in [0.1, 0.15) is 51.1 Å². The van der Waals surface area contributed by atoms with Crippen molar-refractivity contribution < 1.29 is 9.59 Å². The summed E-state index contributed by atoms with van der Waals surface area (Å²) >= 11 is 0. The van der Waals surface area contributed by atoms with Gasteiger partial charge in [0.05, 0.1) is 6.04 Å². The fraction of sp³-hybridized carbons (Fsp3) is 0.529. The first-order chi connectivity index (χ1) is 10.6. The molecule has 1 saturated heterocycles. The molecule has 0 saturated carbocycles. The summed E-state index contributed by atoms with van der Waals surface area (Å²) in [4.78, 5) is 25.4. The van der Waals surface area contributed by atoms with Gasteiger partial charge >= 0.3 is 6.03 Å². The fourth-order valence-corrected chi connectivity index (χ4v) is 2.72. The second-order valence-corrected chi connectivity index (χ2v) is 5.88. The summed E-state index contributed by atoms with van der Waals surface area (Å²) in [5.74, 6) is -0.0987. The van der Waals surface area contributed by atoms with Crippen LogP contribution in [0.4, 0.5) is 10.5 Å². The number of benzene rings is 1. The van der Waals surface area contributed by atoms with E-state index in [4.69, 9.17) is 0 Å². The molecular weight excluding hydrogens is 278 g/mol. The molecule has 0 radical (unpaired) electrons.